The van der Waals surface area contributed by atoms with Crippen molar-refractivity contribution in [2.45, 2.75) is 24.9 Å². The second-order valence-corrected chi connectivity index (χ2v) is 6.71. The predicted molar refractivity (Wildman–Crippen MR) is 94.6 cm³/mol. The van der Waals surface area contributed by atoms with Gasteiger partial charge in [0, 0.05) is 13.1 Å². The maximum absolute atomic E-state index is 12.5. The third-order valence-electron chi connectivity index (χ3n) is 5.44. The number of nitrogens with zero attached hydrogens (tertiary/aromatic N) is 2. The SMILES string of the molecule is COc1cc2c(cc1OC)C1(CCN(C(=O)c3cnc[nH]3)CC1)OCC2. The predicted octanol–water partition coefficient (Wildman–Crippen LogP) is 2.13. The molecule has 0 unspecified atom stereocenters. The number of piperidine rings is 1. The van der Waals surface area contributed by atoms with Crippen molar-refractivity contribution >= 4 is 5.91 Å². The van der Waals surface area contributed by atoms with Gasteiger partial charge in [-0.15, -0.1) is 0 Å². The van der Waals surface area contributed by atoms with Crippen molar-refractivity contribution in [1.29, 1.82) is 0 Å². The molecule has 2 aromatic rings. The van der Waals surface area contributed by atoms with Gasteiger partial charge in [0.2, 0.25) is 0 Å². The van der Waals surface area contributed by atoms with Crippen LogP contribution in [0.15, 0.2) is 24.7 Å². The number of methoxy groups -OCH3 is 2. The summed E-state index contributed by atoms with van der Waals surface area (Å²) in [5.41, 5.74) is 2.56. The van der Waals surface area contributed by atoms with Crippen LogP contribution in [0, 0.1) is 0 Å². The molecule has 138 valence electrons. The standard InChI is InChI=1S/C19H23N3O4/c1-24-16-9-13-3-8-26-19(14(13)10-17(16)25-2)4-6-22(7-5-19)18(23)15-11-20-12-21-15/h9-12H,3-8H2,1-2H3,(H,20,21). The van der Waals surface area contributed by atoms with E-state index in [9.17, 15) is 4.79 Å². The number of amides is 1. The summed E-state index contributed by atoms with van der Waals surface area (Å²) >= 11 is 0. The van der Waals surface area contributed by atoms with Gasteiger partial charge in [0.05, 0.1) is 39.0 Å². The molecule has 4 rings (SSSR count). The first-order valence-corrected chi connectivity index (χ1v) is 8.84. The van der Waals surface area contributed by atoms with Gasteiger partial charge in [-0.3, -0.25) is 4.79 Å². The van der Waals surface area contributed by atoms with Crippen LogP contribution < -0.4 is 9.47 Å². The summed E-state index contributed by atoms with van der Waals surface area (Å²) < 4.78 is 17.2. The average Bonchev–Trinajstić information content (AvgIpc) is 3.22. The van der Waals surface area contributed by atoms with E-state index in [-0.39, 0.29) is 11.5 Å². The van der Waals surface area contributed by atoms with E-state index in [0.29, 0.717) is 31.1 Å². The van der Waals surface area contributed by atoms with Crippen LogP contribution >= 0.6 is 0 Å². The fraction of sp³-hybridized carbons (Fsp3) is 0.474. The molecule has 26 heavy (non-hydrogen) atoms. The van der Waals surface area contributed by atoms with Gasteiger partial charge in [-0.05, 0) is 42.5 Å². The van der Waals surface area contributed by atoms with Crippen molar-refractivity contribution in [3.63, 3.8) is 0 Å². The van der Waals surface area contributed by atoms with Crippen molar-refractivity contribution < 1.29 is 19.0 Å². The molecule has 0 radical (unpaired) electrons. The van der Waals surface area contributed by atoms with E-state index in [1.165, 1.54) is 11.9 Å². The summed E-state index contributed by atoms with van der Waals surface area (Å²) in [6.07, 6.45) is 5.47. The van der Waals surface area contributed by atoms with E-state index >= 15 is 0 Å². The number of aromatic amines is 1. The number of H-pyrrole nitrogens is 1. The molecule has 0 atom stereocenters. The van der Waals surface area contributed by atoms with Crippen LogP contribution in [-0.4, -0.2) is 54.7 Å². The summed E-state index contributed by atoms with van der Waals surface area (Å²) in [7, 11) is 3.30. The molecule has 1 saturated heterocycles. The van der Waals surface area contributed by atoms with E-state index < -0.39 is 0 Å². The second kappa shape index (κ2) is 6.64. The van der Waals surface area contributed by atoms with Gasteiger partial charge in [0.1, 0.15) is 5.69 Å². The first-order valence-electron chi connectivity index (χ1n) is 8.84. The fourth-order valence-electron chi connectivity index (χ4n) is 4.01. The molecule has 1 N–H and O–H groups in total. The van der Waals surface area contributed by atoms with Gasteiger partial charge >= 0.3 is 0 Å². The third-order valence-corrected chi connectivity index (χ3v) is 5.44. The molecule has 1 amide bonds. The van der Waals surface area contributed by atoms with Gasteiger partial charge in [-0.2, -0.15) is 0 Å². The molecule has 7 nitrogen and oxygen atoms in total. The summed E-state index contributed by atoms with van der Waals surface area (Å²) in [4.78, 5) is 21.2. The first kappa shape index (κ1) is 16.9. The molecule has 7 heteroatoms. The Morgan fingerprint density at radius 2 is 1.96 bits per heavy atom. The zero-order valence-electron chi connectivity index (χ0n) is 15.1. The number of carbonyl (C=O) groups excluding carboxylic acids is 1. The maximum Gasteiger partial charge on any atom is 0.271 e. The lowest BCUT2D eigenvalue weighted by Crippen LogP contribution is -2.48. The molecule has 1 aromatic heterocycles. The lowest BCUT2D eigenvalue weighted by molar-refractivity contribution is -0.0936. The topological polar surface area (TPSA) is 76.7 Å². The number of fused-ring (bicyclic) bond motifs is 2. The zero-order chi connectivity index (χ0) is 18.1. The van der Waals surface area contributed by atoms with Crippen LogP contribution in [0.1, 0.15) is 34.5 Å². The first-order chi connectivity index (χ1) is 12.7. The van der Waals surface area contributed by atoms with Crippen molar-refractivity contribution in [2.24, 2.45) is 0 Å². The Kier molecular flexibility index (Phi) is 4.32. The fourth-order valence-corrected chi connectivity index (χ4v) is 4.01. The lowest BCUT2D eigenvalue weighted by Gasteiger charge is -2.45. The second-order valence-electron chi connectivity index (χ2n) is 6.71. The van der Waals surface area contributed by atoms with Crippen molar-refractivity contribution in [3.8, 4) is 11.5 Å². The molecule has 2 aliphatic heterocycles. The zero-order valence-corrected chi connectivity index (χ0v) is 15.1. The average molecular weight is 357 g/mol. The number of benzene rings is 1. The molecule has 0 saturated carbocycles. The summed E-state index contributed by atoms with van der Waals surface area (Å²) in [6.45, 7) is 1.97. The van der Waals surface area contributed by atoms with Crippen LogP contribution in [-0.2, 0) is 16.8 Å². The smallest absolute Gasteiger partial charge is 0.271 e. The van der Waals surface area contributed by atoms with Gasteiger partial charge in [0.25, 0.3) is 5.91 Å². The quantitative estimate of drug-likeness (QED) is 0.911. The minimum atomic E-state index is -0.363. The number of imidazole rings is 1. The van der Waals surface area contributed by atoms with Crippen molar-refractivity contribution in [2.75, 3.05) is 33.9 Å². The van der Waals surface area contributed by atoms with E-state index in [0.717, 1.165) is 30.6 Å². The molecule has 2 aliphatic rings. The highest BCUT2D eigenvalue weighted by Crippen LogP contribution is 2.45. The Labute approximate surface area is 152 Å². The largest absolute Gasteiger partial charge is 0.493 e. The van der Waals surface area contributed by atoms with Crippen LogP contribution in [0.2, 0.25) is 0 Å². The molecule has 0 bridgehead atoms. The highest BCUT2D eigenvalue weighted by Gasteiger charge is 2.42. The highest BCUT2D eigenvalue weighted by molar-refractivity contribution is 5.92. The number of hydrogen-bond donors (Lipinski definition) is 1. The number of aromatic nitrogens is 2. The molecule has 0 aliphatic carbocycles. The van der Waals surface area contributed by atoms with Gasteiger partial charge < -0.3 is 24.1 Å². The Morgan fingerprint density at radius 3 is 2.62 bits per heavy atom. The monoisotopic (exact) mass is 357 g/mol. The molecular weight excluding hydrogens is 334 g/mol. The number of ether oxygens (including phenoxy) is 3. The van der Waals surface area contributed by atoms with Gasteiger partial charge in [-0.1, -0.05) is 0 Å². The molecule has 3 heterocycles. The van der Waals surface area contributed by atoms with Gasteiger partial charge in [-0.25, -0.2) is 4.98 Å². The van der Waals surface area contributed by atoms with Crippen LogP contribution in [0.3, 0.4) is 0 Å². The van der Waals surface area contributed by atoms with Crippen molar-refractivity contribution in [1.82, 2.24) is 14.9 Å². The van der Waals surface area contributed by atoms with Crippen LogP contribution in [0.4, 0.5) is 0 Å². The van der Waals surface area contributed by atoms with Crippen LogP contribution in [0.25, 0.3) is 0 Å². The summed E-state index contributed by atoms with van der Waals surface area (Å²) in [5.74, 6) is 1.45. The Hall–Kier alpha value is -2.54. The van der Waals surface area contributed by atoms with Gasteiger partial charge in [0.15, 0.2) is 11.5 Å². The van der Waals surface area contributed by atoms with E-state index in [1.807, 2.05) is 11.0 Å². The normalized spacial score (nSPS) is 18.5. The lowest BCUT2D eigenvalue weighted by atomic mass is 9.79. The Balaban J connectivity index is 1.59. The molecular formula is C19H23N3O4. The number of rotatable bonds is 3. The molecule has 1 fully saturated rings. The highest BCUT2D eigenvalue weighted by atomic mass is 16.5. The molecule has 1 aromatic carbocycles. The van der Waals surface area contributed by atoms with E-state index in [2.05, 4.69) is 16.0 Å². The van der Waals surface area contributed by atoms with E-state index in [4.69, 9.17) is 14.2 Å². The maximum atomic E-state index is 12.5. The summed E-state index contributed by atoms with van der Waals surface area (Å²) in [6, 6.07) is 4.10. The minimum absolute atomic E-state index is 0.0132. The number of nitrogens with one attached hydrogen (secondary N) is 1. The van der Waals surface area contributed by atoms with Crippen molar-refractivity contribution in [3.05, 3.63) is 41.5 Å². The molecule has 1 spiro atoms. The summed E-state index contributed by atoms with van der Waals surface area (Å²) in [5, 5.41) is 0. The minimum Gasteiger partial charge on any atom is -0.493 e. The Bertz CT molecular complexity index is 795. The van der Waals surface area contributed by atoms with Crippen LogP contribution in [0.5, 0.6) is 11.5 Å². The Morgan fingerprint density at radius 1 is 1.23 bits per heavy atom. The number of hydrogen-bond acceptors (Lipinski definition) is 5. The number of likely N-dealkylation sites (tertiary alicyclic amines) is 1. The third kappa shape index (κ3) is 2.72. The van der Waals surface area contributed by atoms with E-state index in [1.54, 1.807) is 20.4 Å². The number of carbonyl (C=O) groups is 1.